The van der Waals surface area contributed by atoms with Gasteiger partial charge in [0, 0.05) is 31.3 Å². The van der Waals surface area contributed by atoms with Gasteiger partial charge in [0.1, 0.15) is 11.3 Å². The fourth-order valence-corrected chi connectivity index (χ4v) is 3.37. The Morgan fingerprint density at radius 1 is 1.26 bits per heavy atom. The second-order valence-electron chi connectivity index (χ2n) is 6.89. The predicted octanol–water partition coefficient (Wildman–Crippen LogP) is 4.28. The van der Waals surface area contributed by atoms with Gasteiger partial charge < -0.3 is 14.1 Å². The standard InChI is InChI=1S/C21H21FN2O3/c1-24(13-17-7-2-3-10-26-17)21(25)15-8-9-19-18(12-15)23-20(27-19)14-5-4-6-16(22)11-14/h4-6,8-9,11-12,17H,2-3,7,10,13H2,1H3. The summed E-state index contributed by atoms with van der Waals surface area (Å²) in [7, 11) is 1.78. The summed E-state index contributed by atoms with van der Waals surface area (Å²) < 4.78 is 24.8. The molecule has 1 aliphatic rings. The van der Waals surface area contributed by atoms with Gasteiger partial charge in [-0.3, -0.25) is 4.79 Å². The minimum absolute atomic E-state index is 0.0821. The van der Waals surface area contributed by atoms with Crippen LogP contribution in [0.15, 0.2) is 46.9 Å². The topological polar surface area (TPSA) is 55.6 Å². The van der Waals surface area contributed by atoms with Gasteiger partial charge in [0.25, 0.3) is 5.91 Å². The number of amides is 1. The molecule has 1 fully saturated rings. The monoisotopic (exact) mass is 368 g/mol. The molecular weight excluding hydrogens is 347 g/mol. The maximum atomic E-state index is 13.4. The summed E-state index contributed by atoms with van der Waals surface area (Å²) in [5.74, 6) is -0.100. The van der Waals surface area contributed by atoms with E-state index in [4.69, 9.17) is 9.15 Å². The molecule has 0 saturated carbocycles. The van der Waals surface area contributed by atoms with Crippen molar-refractivity contribution in [1.29, 1.82) is 0 Å². The van der Waals surface area contributed by atoms with Gasteiger partial charge in [0.15, 0.2) is 5.58 Å². The van der Waals surface area contributed by atoms with Crippen LogP contribution in [-0.2, 0) is 4.74 Å². The van der Waals surface area contributed by atoms with Crippen molar-refractivity contribution in [3.63, 3.8) is 0 Å². The highest BCUT2D eigenvalue weighted by atomic mass is 19.1. The Bertz CT molecular complexity index is 963. The fourth-order valence-electron chi connectivity index (χ4n) is 3.37. The number of halogens is 1. The first-order valence-corrected chi connectivity index (χ1v) is 9.14. The molecule has 1 saturated heterocycles. The highest BCUT2D eigenvalue weighted by Crippen LogP contribution is 2.26. The molecule has 4 rings (SSSR count). The molecule has 1 amide bonds. The van der Waals surface area contributed by atoms with Crippen molar-refractivity contribution in [3.8, 4) is 11.5 Å². The summed E-state index contributed by atoms with van der Waals surface area (Å²) in [6.07, 6.45) is 3.31. The van der Waals surface area contributed by atoms with Crippen LogP contribution < -0.4 is 0 Å². The number of hydrogen-bond donors (Lipinski definition) is 0. The molecule has 0 spiro atoms. The van der Waals surface area contributed by atoms with E-state index in [1.54, 1.807) is 42.3 Å². The first-order chi connectivity index (χ1) is 13.1. The second-order valence-corrected chi connectivity index (χ2v) is 6.89. The molecule has 3 aromatic rings. The number of benzene rings is 2. The van der Waals surface area contributed by atoms with Crippen LogP contribution in [0.25, 0.3) is 22.6 Å². The zero-order valence-electron chi connectivity index (χ0n) is 15.2. The van der Waals surface area contributed by atoms with Gasteiger partial charge in [0.2, 0.25) is 5.89 Å². The maximum Gasteiger partial charge on any atom is 0.253 e. The number of carbonyl (C=O) groups is 1. The Kier molecular flexibility index (Phi) is 4.90. The van der Waals surface area contributed by atoms with Crippen molar-refractivity contribution >= 4 is 17.0 Å². The third kappa shape index (κ3) is 3.85. The summed E-state index contributed by atoms with van der Waals surface area (Å²) in [6, 6.07) is 11.2. The quantitative estimate of drug-likeness (QED) is 0.690. The molecule has 2 heterocycles. The Balaban J connectivity index is 1.54. The molecule has 0 aliphatic carbocycles. The molecule has 6 heteroatoms. The van der Waals surface area contributed by atoms with Crippen molar-refractivity contribution in [1.82, 2.24) is 9.88 Å². The van der Waals surface area contributed by atoms with Crippen molar-refractivity contribution in [3.05, 3.63) is 53.8 Å². The van der Waals surface area contributed by atoms with E-state index in [2.05, 4.69) is 4.98 Å². The predicted molar refractivity (Wildman–Crippen MR) is 100.0 cm³/mol. The minimum Gasteiger partial charge on any atom is -0.436 e. The number of aromatic nitrogens is 1. The summed E-state index contributed by atoms with van der Waals surface area (Å²) in [6.45, 7) is 1.34. The number of oxazole rings is 1. The Morgan fingerprint density at radius 2 is 2.15 bits per heavy atom. The summed E-state index contributed by atoms with van der Waals surface area (Å²) in [5.41, 5.74) is 2.23. The van der Waals surface area contributed by atoms with Crippen LogP contribution >= 0.6 is 0 Å². The number of hydrogen-bond acceptors (Lipinski definition) is 4. The summed E-state index contributed by atoms with van der Waals surface area (Å²) in [4.78, 5) is 18.8. The van der Waals surface area contributed by atoms with Crippen LogP contribution in [0, 0.1) is 5.82 Å². The van der Waals surface area contributed by atoms with Gasteiger partial charge in [-0.25, -0.2) is 9.37 Å². The van der Waals surface area contributed by atoms with E-state index in [-0.39, 0.29) is 17.8 Å². The first kappa shape index (κ1) is 17.7. The van der Waals surface area contributed by atoms with Gasteiger partial charge in [0.05, 0.1) is 6.10 Å². The molecule has 1 atom stereocenters. The zero-order valence-corrected chi connectivity index (χ0v) is 15.2. The number of fused-ring (bicyclic) bond motifs is 1. The normalized spacial score (nSPS) is 17.2. The molecule has 1 aliphatic heterocycles. The van der Waals surface area contributed by atoms with Crippen LogP contribution in [0.2, 0.25) is 0 Å². The molecule has 1 unspecified atom stereocenters. The molecule has 0 N–H and O–H groups in total. The highest BCUT2D eigenvalue weighted by Gasteiger charge is 2.20. The maximum absolute atomic E-state index is 13.4. The lowest BCUT2D eigenvalue weighted by atomic mass is 10.1. The van der Waals surface area contributed by atoms with E-state index in [1.165, 1.54) is 12.1 Å². The number of nitrogens with zero attached hydrogens (tertiary/aromatic N) is 2. The van der Waals surface area contributed by atoms with Crippen LogP contribution in [0.4, 0.5) is 4.39 Å². The first-order valence-electron chi connectivity index (χ1n) is 9.14. The smallest absolute Gasteiger partial charge is 0.253 e. The lowest BCUT2D eigenvalue weighted by Crippen LogP contribution is -2.37. The van der Waals surface area contributed by atoms with Gasteiger partial charge in [-0.2, -0.15) is 0 Å². The number of carbonyl (C=O) groups excluding carboxylic acids is 1. The number of likely N-dealkylation sites (N-methyl/N-ethyl adjacent to an activating group) is 1. The zero-order chi connectivity index (χ0) is 18.8. The summed E-state index contributed by atoms with van der Waals surface area (Å²) >= 11 is 0. The van der Waals surface area contributed by atoms with E-state index in [9.17, 15) is 9.18 Å². The van der Waals surface area contributed by atoms with Gasteiger partial charge in [-0.1, -0.05) is 6.07 Å². The largest absolute Gasteiger partial charge is 0.436 e. The molecule has 27 heavy (non-hydrogen) atoms. The van der Waals surface area contributed by atoms with E-state index >= 15 is 0 Å². The van der Waals surface area contributed by atoms with Crippen molar-refractivity contribution in [2.45, 2.75) is 25.4 Å². The molecule has 140 valence electrons. The second kappa shape index (κ2) is 7.48. The van der Waals surface area contributed by atoms with Crippen molar-refractivity contribution in [2.75, 3.05) is 20.2 Å². The van der Waals surface area contributed by atoms with Crippen LogP contribution in [0.5, 0.6) is 0 Å². The number of rotatable bonds is 4. The highest BCUT2D eigenvalue weighted by molar-refractivity contribution is 5.97. The molecule has 2 aromatic carbocycles. The third-order valence-electron chi connectivity index (χ3n) is 4.80. The van der Waals surface area contributed by atoms with E-state index < -0.39 is 0 Å². The number of ether oxygens (including phenoxy) is 1. The third-order valence-corrected chi connectivity index (χ3v) is 4.80. The molecule has 5 nitrogen and oxygen atoms in total. The molecular formula is C21H21FN2O3. The van der Waals surface area contributed by atoms with E-state index in [0.29, 0.717) is 34.7 Å². The van der Waals surface area contributed by atoms with Gasteiger partial charge in [-0.05, 0) is 55.7 Å². The molecule has 1 aromatic heterocycles. The Morgan fingerprint density at radius 3 is 2.93 bits per heavy atom. The van der Waals surface area contributed by atoms with Crippen molar-refractivity contribution in [2.24, 2.45) is 0 Å². The summed E-state index contributed by atoms with van der Waals surface area (Å²) in [5, 5.41) is 0. The van der Waals surface area contributed by atoms with Gasteiger partial charge >= 0.3 is 0 Å². The van der Waals surface area contributed by atoms with Crippen molar-refractivity contribution < 1.29 is 18.3 Å². The van der Waals surface area contributed by atoms with E-state index in [0.717, 1.165) is 25.9 Å². The van der Waals surface area contributed by atoms with Gasteiger partial charge in [-0.15, -0.1) is 0 Å². The minimum atomic E-state index is -0.350. The average molecular weight is 368 g/mol. The lowest BCUT2D eigenvalue weighted by Gasteiger charge is -2.27. The fraction of sp³-hybridized carbons (Fsp3) is 0.333. The van der Waals surface area contributed by atoms with Crippen LogP contribution in [0.1, 0.15) is 29.6 Å². The average Bonchev–Trinajstić information content (AvgIpc) is 3.11. The van der Waals surface area contributed by atoms with E-state index in [1.807, 2.05) is 0 Å². The van der Waals surface area contributed by atoms with Crippen LogP contribution in [-0.4, -0.2) is 42.1 Å². The Hall–Kier alpha value is -2.73. The van der Waals surface area contributed by atoms with Crippen LogP contribution in [0.3, 0.4) is 0 Å². The molecule has 0 bridgehead atoms. The lowest BCUT2D eigenvalue weighted by molar-refractivity contribution is -0.000184. The Labute approximate surface area is 156 Å². The SMILES string of the molecule is CN(CC1CCCCO1)C(=O)c1ccc2oc(-c3cccc(F)c3)nc2c1. The molecule has 0 radical (unpaired) electrons.